The van der Waals surface area contributed by atoms with Gasteiger partial charge < -0.3 is 4.90 Å². The van der Waals surface area contributed by atoms with Crippen LogP contribution in [0.1, 0.15) is 38.8 Å². The van der Waals surface area contributed by atoms with Crippen LogP contribution in [0.25, 0.3) is 10.8 Å². The van der Waals surface area contributed by atoms with Crippen LogP contribution in [-0.2, 0) is 0 Å². The van der Waals surface area contributed by atoms with Crippen molar-refractivity contribution in [3.05, 3.63) is 48.0 Å². The Balaban J connectivity index is 1.94. The summed E-state index contributed by atoms with van der Waals surface area (Å²) >= 11 is 0. The van der Waals surface area contributed by atoms with Crippen LogP contribution < -0.4 is 0 Å². The molecule has 3 rings (SSSR count). The van der Waals surface area contributed by atoms with E-state index >= 15 is 0 Å². The number of fused-ring (bicyclic) bond motifs is 1. The fourth-order valence-electron chi connectivity index (χ4n) is 2.91. The zero-order chi connectivity index (χ0) is 14.3. The third-order valence-corrected chi connectivity index (χ3v) is 4.66. The van der Waals surface area contributed by atoms with E-state index in [0.29, 0.717) is 6.04 Å². The van der Waals surface area contributed by atoms with E-state index in [1.54, 1.807) is 0 Å². The van der Waals surface area contributed by atoms with Gasteiger partial charge in [0.1, 0.15) is 11.4 Å². The van der Waals surface area contributed by atoms with Gasteiger partial charge in [-0.25, -0.2) is 0 Å². The largest absolute Gasteiger partial charge is 0.355 e. The summed E-state index contributed by atoms with van der Waals surface area (Å²) in [6.07, 6.45) is 1.08. The van der Waals surface area contributed by atoms with Crippen molar-refractivity contribution in [3.8, 4) is 0 Å². The first-order chi connectivity index (χ1) is 9.57. The smallest absolute Gasteiger partial charge is 0.128 e. The lowest BCUT2D eigenvalue weighted by molar-refractivity contribution is 0.401. The summed E-state index contributed by atoms with van der Waals surface area (Å²) in [6, 6.07) is 15.5. The molecule has 20 heavy (non-hydrogen) atoms. The third-order valence-electron chi connectivity index (χ3n) is 4.66. The number of aliphatic imine (C=N–C) groups is 1. The van der Waals surface area contributed by atoms with E-state index in [2.05, 4.69) is 80.2 Å². The third kappa shape index (κ3) is 2.00. The highest BCUT2D eigenvalue weighted by molar-refractivity contribution is 6.03. The van der Waals surface area contributed by atoms with Gasteiger partial charge in [0.25, 0.3) is 0 Å². The van der Waals surface area contributed by atoms with E-state index < -0.39 is 0 Å². The van der Waals surface area contributed by atoms with Gasteiger partial charge in [-0.2, -0.15) is 0 Å². The second-order valence-electron chi connectivity index (χ2n) is 5.92. The second kappa shape index (κ2) is 4.62. The summed E-state index contributed by atoms with van der Waals surface area (Å²) in [6.45, 7) is 6.68. The molecule has 2 aromatic carbocycles. The lowest BCUT2D eigenvalue weighted by Crippen LogP contribution is -2.31. The molecule has 0 aromatic heterocycles. The molecule has 1 heterocycles. The summed E-state index contributed by atoms with van der Waals surface area (Å²) in [5.74, 6) is 1.24. The molecule has 0 aliphatic carbocycles. The molecule has 2 heteroatoms. The number of benzene rings is 2. The molecule has 0 bridgehead atoms. The first-order valence-electron chi connectivity index (χ1n) is 7.37. The average Bonchev–Trinajstić information content (AvgIpc) is 3.18. The highest BCUT2D eigenvalue weighted by Gasteiger charge is 2.44. The molecule has 0 fully saturated rings. The Hall–Kier alpha value is -1.83. The summed E-state index contributed by atoms with van der Waals surface area (Å²) in [5.41, 5.74) is 1.45. The Bertz CT molecular complexity index is 669. The van der Waals surface area contributed by atoms with Crippen molar-refractivity contribution in [2.75, 3.05) is 7.05 Å². The first kappa shape index (κ1) is 13.2. The number of hydrogen-bond donors (Lipinski definition) is 0. The number of rotatable bonds is 3. The molecule has 0 N–H and O–H groups in total. The van der Waals surface area contributed by atoms with Crippen LogP contribution in [0.2, 0.25) is 0 Å². The molecule has 2 atom stereocenters. The lowest BCUT2D eigenvalue weighted by Gasteiger charge is -2.26. The second-order valence-corrected chi connectivity index (χ2v) is 5.92. The molecular formula is C18H22N2. The highest BCUT2D eigenvalue weighted by Crippen LogP contribution is 2.37. The van der Waals surface area contributed by atoms with E-state index in [9.17, 15) is 0 Å². The van der Waals surface area contributed by atoms with Crippen molar-refractivity contribution in [3.63, 3.8) is 0 Å². The molecule has 2 nitrogen and oxygen atoms in total. The number of nitrogens with zero attached hydrogens (tertiary/aromatic N) is 2. The summed E-state index contributed by atoms with van der Waals surface area (Å²) in [5, 5.41) is 2.65. The number of amidine groups is 1. The highest BCUT2D eigenvalue weighted by atomic mass is 15.3. The summed E-state index contributed by atoms with van der Waals surface area (Å²) in [4.78, 5) is 7.00. The summed E-state index contributed by atoms with van der Waals surface area (Å²) < 4.78 is 0. The molecule has 0 saturated heterocycles. The van der Waals surface area contributed by atoms with E-state index in [-0.39, 0.29) is 5.54 Å². The molecule has 0 spiro atoms. The zero-order valence-electron chi connectivity index (χ0n) is 12.7. The minimum Gasteiger partial charge on any atom is -0.355 e. The quantitative estimate of drug-likeness (QED) is 0.803. The topological polar surface area (TPSA) is 15.6 Å². The normalized spacial score (nSPS) is 22.5. The minimum absolute atomic E-state index is 0.0770. The van der Waals surface area contributed by atoms with Crippen molar-refractivity contribution in [2.24, 2.45) is 4.99 Å². The number of hydrogen-bond acceptors (Lipinski definition) is 2. The molecular weight excluding hydrogens is 244 g/mol. The standard InChI is InChI=1S/C18H22N2/c1-5-18(3)17(19-18)20(4)13(2)15-12-8-10-14-9-6-7-11-16(14)15/h6-13H,5H2,1-4H3/t13-,18-/m1/s1. The maximum absolute atomic E-state index is 4.67. The predicted molar refractivity (Wildman–Crippen MR) is 86.3 cm³/mol. The maximum Gasteiger partial charge on any atom is 0.128 e. The van der Waals surface area contributed by atoms with Crippen molar-refractivity contribution in [2.45, 2.75) is 38.8 Å². The molecule has 0 radical (unpaired) electrons. The van der Waals surface area contributed by atoms with E-state index in [1.807, 2.05) is 0 Å². The monoisotopic (exact) mass is 266 g/mol. The van der Waals surface area contributed by atoms with Crippen LogP contribution in [0, 0.1) is 0 Å². The Morgan fingerprint density at radius 1 is 1.15 bits per heavy atom. The van der Waals surface area contributed by atoms with Crippen molar-refractivity contribution >= 4 is 16.6 Å². The SMILES string of the molecule is CC[C@@]1(C)N=C1N(C)[C@H](C)c1cccc2ccccc12. The molecule has 2 aromatic rings. The first-order valence-corrected chi connectivity index (χ1v) is 7.37. The molecule has 0 saturated carbocycles. The average molecular weight is 266 g/mol. The maximum atomic E-state index is 4.67. The Labute approximate surface area is 121 Å². The van der Waals surface area contributed by atoms with Crippen LogP contribution in [0.3, 0.4) is 0 Å². The van der Waals surface area contributed by atoms with Gasteiger partial charge in [0.05, 0.1) is 6.04 Å². The molecule has 1 aliphatic heterocycles. The Morgan fingerprint density at radius 2 is 1.85 bits per heavy atom. The Morgan fingerprint density at radius 3 is 2.55 bits per heavy atom. The van der Waals surface area contributed by atoms with Gasteiger partial charge >= 0.3 is 0 Å². The van der Waals surface area contributed by atoms with Gasteiger partial charge in [0, 0.05) is 7.05 Å². The molecule has 1 aliphatic rings. The van der Waals surface area contributed by atoms with Crippen LogP contribution in [0.4, 0.5) is 0 Å². The predicted octanol–water partition coefficient (Wildman–Crippen LogP) is 4.41. The van der Waals surface area contributed by atoms with Gasteiger partial charge in [-0.1, -0.05) is 49.4 Å². The molecule has 104 valence electrons. The van der Waals surface area contributed by atoms with E-state index in [0.717, 1.165) is 6.42 Å². The Kier molecular flexibility index (Phi) is 3.04. The van der Waals surface area contributed by atoms with Crippen LogP contribution in [0.15, 0.2) is 47.5 Å². The van der Waals surface area contributed by atoms with Crippen LogP contribution in [-0.4, -0.2) is 23.3 Å². The lowest BCUT2D eigenvalue weighted by atomic mass is 9.98. The van der Waals surface area contributed by atoms with Crippen molar-refractivity contribution in [1.82, 2.24) is 4.90 Å². The number of likely N-dealkylation sites (N-methyl/N-ethyl adjacent to an activating group) is 1. The van der Waals surface area contributed by atoms with Crippen molar-refractivity contribution < 1.29 is 0 Å². The van der Waals surface area contributed by atoms with Gasteiger partial charge in [-0.3, -0.25) is 4.99 Å². The fourth-order valence-corrected chi connectivity index (χ4v) is 2.91. The van der Waals surface area contributed by atoms with Gasteiger partial charge in [-0.15, -0.1) is 0 Å². The van der Waals surface area contributed by atoms with Gasteiger partial charge in [0.15, 0.2) is 0 Å². The minimum atomic E-state index is 0.0770. The van der Waals surface area contributed by atoms with Gasteiger partial charge in [-0.05, 0) is 36.6 Å². The zero-order valence-corrected chi connectivity index (χ0v) is 12.7. The van der Waals surface area contributed by atoms with Gasteiger partial charge in [0.2, 0.25) is 0 Å². The van der Waals surface area contributed by atoms with E-state index in [4.69, 9.17) is 0 Å². The van der Waals surface area contributed by atoms with Crippen LogP contribution in [0.5, 0.6) is 0 Å². The molecule has 0 unspecified atom stereocenters. The summed E-state index contributed by atoms with van der Waals surface area (Å²) in [7, 11) is 2.16. The van der Waals surface area contributed by atoms with E-state index in [1.165, 1.54) is 22.2 Å². The van der Waals surface area contributed by atoms with Crippen LogP contribution >= 0.6 is 0 Å². The molecule has 0 amide bonds. The van der Waals surface area contributed by atoms with Crippen molar-refractivity contribution in [1.29, 1.82) is 0 Å². The fraction of sp³-hybridized carbons (Fsp3) is 0.389.